The summed E-state index contributed by atoms with van der Waals surface area (Å²) in [4.78, 5) is 9.08. The Bertz CT molecular complexity index is 742. The molecular formula is C12H17N5O2S2. The number of nitrogen functional groups attached to an aromatic ring is 1. The van der Waals surface area contributed by atoms with E-state index in [4.69, 9.17) is 5.84 Å². The van der Waals surface area contributed by atoms with E-state index < -0.39 is 16.1 Å². The fraction of sp³-hybridized carbons (Fsp3) is 0.333. The molecule has 0 aromatic carbocycles. The molecule has 2 aromatic rings. The van der Waals surface area contributed by atoms with E-state index in [1.165, 1.54) is 17.5 Å². The number of hydrazine groups is 1. The number of aryl methyl sites for hydroxylation is 2. The number of sulfonamides is 1. The number of nitrogens with two attached hydrogens (primary N) is 1. The maximum Gasteiger partial charge on any atom is 0.260 e. The van der Waals surface area contributed by atoms with Gasteiger partial charge < -0.3 is 5.43 Å². The summed E-state index contributed by atoms with van der Waals surface area (Å²) in [6.07, 6.45) is 1.40. The van der Waals surface area contributed by atoms with E-state index in [2.05, 4.69) is 20.1 Å². The van der Waals surface area contributed by atoms with Crippen molar-refractivity contribution in [2.45, 2.75) is 31.8 Å². The zero-order chi connectivity index (χ0) is 15.6. The molecule has 1 unspecified atom stereocenters. The number of aromatic nitrogens is 2. The first kappa shape index (κ1) is 15.8. The van der Waals surface area contributed by atoms with Crippen molar-refractivity contribution in [2.75, 3.05) is 5.43 Å². The Morgan fingerprint density at radius 2 is 2.10 bits per heavy atom. The van der Waals surface area contributed by atoms with Crippen molar-refractivity contribution in [2.24, 2.45) is 5.84 Å². The van der Waals surface area contributed by atoms with Crippen molar-refractivity contribution < 1.29 is 8.42 Å². The van der Waals surface area contributed by atoms with E-state index in [1.807, 2.05) is 13.8 Å². The third-order valence-electron chi connectivity index (χ3n) is 2.85. The predicted molar refractivity (Wildman–Crippen MR) is 82.4 cm³/mol. The summed E-state index contributed by atoms with van der Waals surface area (Å²) in [5.41, 5.74) is 3.41. The van der Waals surface area contributed by atoms with Crippen LogP contribution in [0.1, 0.15) is 28.5 Å². The smallest absolute Gasteiger partial charge is 0.260 e. The van der Waals surface area contributed by atoms with Gasteiger partial charge in [-0.1, -0.05) is 0 Å². The lowest BCUT2D eigenvalue weighted by Crippen LogP contribution is -2.28. The minimum Gasteiger partial charge on any atom is -0.321 e. The Balaban J connectivity index is 2.31. The molecule has 114 valence electrons. The van der Waals surface area contributed by atoms with E-state index >= 15 is 0 Å². The van der Waals surface area contributed by atoms with Crippen LogP contribution in [0.25, 0.3) is 0 Å². The molecule has 0 saturated carbocycles. The minimum absolute atomic E-state index is 0.127. The zero-order valence-electron chi connectivity index (χ0n) is 11.9. The van der Waals surface area contributed by atoms with Gasteiger partial charge in [-0.15, -0.1) is 11.3 Å². The number of hydrogen-bond acceptors (Lipinski definition) is 7. The van der Waals surface area contributed by atoms with Crippen molar-refractivity contribution in [1.82, 2.24) is 14.7 Å². The summed E-state index contributed by atoms with van der Waals surface area (Å²) in [6.45, 7) is 5.52. The van der Waals surface area contributed by atoms with Gasteiger partial charge in [0.25, 0.3) is 10.0 Å². The van der Waals surface area contributed by atoms with Crippen molar-refractivity contribution in [3.05, 3.63) is 33.9 Å². The zero-order valence-corrected chi connectivity index (χ0v) is 13.5. The second-order valence-corrected chi connectivity index (χ2v) is 7.39. The SMILES string of the molecule is Cc1nc(C)c(C(C)NS(=O)(=O)c2ncccc2NN)s1. The lowest BCUT2D eigenvalue weighted by atomic mass is 10.2. The summed E-state index contributed by atoms with van der Waals surface area (Å²) >= 11 is 1.47. The van der Waals surface area contributed by atoms with Gasteiger partial charge in [-0.25, -0.2) is 23.1 Å². The molecule has 0 saturated heterocycles. The highest BCUT2D eigenvalue weighted by Crippen LogP contribution is 2.26. The molecule has 7 nitrogen and oxygen atoms in total. The molecule has 1 atom stereocenters. The van der Waals surface area contributed by atoms with E-state index in [0.717, 1.165) is 15.6 Å². The number of rotatable bonds is 5. The highest BCUT2D eigenvalue weighted by Gasteiger charge is 2.24. The van der Waals surface area contributed by atoms with Crippen molar-refractivity contribution in [3.8, 4) is 0 Å². The van der Waals surface area contributed by atoms with Crippen LogP contribution in [0.5, 0.6) is 0 Å². The Morgan fingerprint density at radius 1 is 1.38 bits per heavy atom. The largest absolute Gasteiger partial charge is 0.321 e. The molecule has 0 aliphatic heterocycles. The Kier molecular flexibility index (Phi) is 4.57. The molecule has 0 aliphatic carbocycles. The average molecular weight is 327 g/mol. The first-order valence-electron chi connectivity index (χ1n) is 6.23. The van der Waals surface area contributed by atoms with Crippen LogP contribution in [-0.2, 0) is 10.0 Å². The van der Waals surface area contributed by atoms with E-state index in [-0.39, 0.29) is 10.7 Å². The number of pyridine rings is 1. The van der Waals surface area contributed by atoms with Crippen molar-refractivity contribution in [1.29, 1.82) is 0 Å². The van der Waals surface area contributed by atoms with Crippen LogP contribution >= 0.6 is 11.3 Å². The first-order valence-corrected chi connectivity index (χ1v) is 8.53. The molecule has 0 amide bonds. The summed E-state index contributed by atoms with van der Waals surface area (Å²) in [7, 11) is -3.78. The molecule has 0 aliphatic rings. The summed E-state index contributed by atoms with van der Waals surface area (Å²) < 4.78 is 27.5. The molecule has 2 heterocycles. The molecule has 2 aromatic heterocycles. The van der Waals surface area contributed by atoms with E-state index in [0.29, 0.717) is 0 Å². The fourth-order valence-corrected chi connectivity index (χ4v) is 4.32. The molecule has 0 spiro atoms. The van der Waals surface area contributed by atoms with E-state index in [9.17, 15) is 8.42 Å². The van der Waals surface area contributed by atoms with Crippen LogP contribution in [0.3, 0.4) is 0 Å². The molecule has 0 bridgehead atoms. The lowest BCUT2D eigenvalue weighted by molar-refractivity contribution is 0.564. The second kappa shape index (κ2) is 6.06. The van der Waals surface area contributed by atoms with Crippen LogP contribution in [0, 0.1) is 13.8 Å². The molecule has 2 rings (SSSR count). The van der Waals surface area contributed by atoms with E-state index in [1.54, 1.807) is 19.1 Å². The highest BCUT2D eigenvalue weighted by atomic mass is 32.2. The summed E-state index contributed by atoms with van der Waals surface area (Å²) in [5.74, 6) is 5.33. The fourth-order valence-electron chi connectivity index (χ4n) is 2.01. The number of anilines is 1. The molecule has 21 heavy (non-hydrogen) atoms. The predicted octanol–water partition coefficient (Wildman–Crippen LogP) is 1.48. The second-order valence-electron chi connectivity index (χ2n) is 4.53. The monoisotopic (exact) mass is 327 g/mol. The minimum atomic E-state index is -3.78. The van der Waals surface area contributed by atoms with Crippen LogP contribution in [0.2, 0.25) is 0 Å². The summed E-state index contributed by atoms with van der Waals surface area (Å²) in [5, 5.41) is 0.772. The number of nitrogens with one attached hydrogen (secondary N) is 2. The van der Waals surface area contributed by atoms with Gasteiger partial charge in [0.2, 0.25) is 0 Å². The quantitative estimate of drug-likeness (QED) is 0.567. The van der Waals surface area contributed by atoms with Crippen LogP contribution in [-0.4, -0.2) is 18.4 Å². The molecule has 0 fully saturated rings. The average Bonchev–Trinajstić information content (AvgIpc) is 2.77. The topological polar surface area (TPSA) is 110 Å². The number of hydrogen-bond donors (Lipinski definition) is 3. The van der Waals surface area contributed by atoms with Gasteiger partial charge in [-0.3, -0.25) is 5.84 Å². The van der Waals surface area contributed by atoms with Crippen LogP contribution < -0.4 is 16.0 Å². The van der Waals surface area contributed by atoms with Crippen LogP contribution in [0.15, 0.2) is 23.4 Å². The van der Waals surface area contributed by atoms with Crippen LogP contribution in [0.4, 0.5) is 5.69 Å². The first-order chi connectivity index (χ1) is 9.85. The molecular weight excluding hydrogens is 310 g/mol. The molecule has 4 N–H and O–H groups in total. The lowest BCUT2D eigenvalue weighted by Gasteiger charge is -2.14. The Morgan fingerprint density at radius 3 is 2.67 bits per heavy atom. The van der Waals surface area contributed by atoms with Crippen molar-refractivity contribution in [3.63, 3.8) is 0 Å². The van der Waals surface area contributed by atoms with Gasteiger partial charge in [0.1, 0.15) is 0 Å². The van der Waals surface area contributed by atoms with Gasteiger partial charge in [0.05, 0.1) is 22.4 Å². The molecule has 9 heteroatoms. The maximum atomic E-state index is 12.4. The van der Waals surface area contributed by atoms with Gasteiger partial charge >= 0.3 is 0 Å². The van der Waals surface area contributed by atoms with Gasteiger partial charge in [-0.05, 0) is 32.9 Å². The highest BCUT2D eigenvalue weighted by molar-refractivity contribution is 7.89. The Hall–Kier alpha value is -1.55. The van der Waals surface area contributed by atoms with Crippen molar-refractivity contribution >= 4 is 27.0 Å². The van der Waals surface area contributed by atoms with Gasteiger partial charge in [0, 0.05) is 11.1 Å². The third kappa shape index (κ3) is 3.38. The third-order valence-corrected chi connectivity index (χ3v) is 5.60. The van der Waals surface area contributed by atoms with Gasteiger partial charge in [-0.2, -0.15) is 0 Å². The molecule has 0 radical (unpaired) electrons. The number of thiazole rings is 1. The standard InChI is InChI=1S/C12H17N5O2S2/c1-7-11(20-9(3)15-7)8(2)17-21(18,19)12-10(16-13)5-4-6-14-12/h4-6,8,16-17H,13H2,1-3H3. The summed E-state index contributed by atoms with van der Waals surface area (Å²) in [6, 6.07) is 2.76. The normalized spacial score (nSPS) is 13.1. The Labute approximate surface area is 127 Å². The van der Waals surface area contributed by atoms with Gasteiger partial charge in [0.15, 0.2) is 5.03 Å². The number of nitrogens with zero attached hydrogens (tertiary/aromatic N) is 2. The maximum absolute atomic E-state index is 12.4.